The number of hydrogen-bond donors (Lipinski definition) is 1. The molecule has 0 aliphatic heterocycles. The number of halogens is 1. The average Bonchev–Trinajstić information content (AvgIpc) is 3.06. The first kappa shape index (κ1) is 14.0. The number of nitrogen functional groups attached to an aromatic ring is 1. The van der Waals surface area contributed by atoms with Crippen molar-refractivity contribution in [3.05, 3.63) is 29.1 Å². The van der Waals surface area contributed by atoms with E-state index in [4.69, 9.17) is 10.5 Å². The molecule has 0 bridgehead atoms. The van der Waals surface area contributed by atoms with Gasteiger partial charge in [0.2, 0.25) is 5.95 Å². The van der Waals surface area contributed by atoms with Crippen LogP contribution in [0.15, 0.2) is 29.1 Å². The van der Waals surface area contributed by atoms with Gasteiger partial charge in [0, 0.05) is 30.1 Å². The van der Waals surface area contributed by atoms with E-state index in [1.165, 1.54) is 0 Å². The van der Waals surface area contributed by atoms with E-state index in [9.17, 15) is 0 Å². The molecule has 0 radical (unpaired) electrons. The SMILES string of the molecule is CCOC(C)n1cc(-c2ccn3nc(N)nc3c2Br)cn1. The van der Waals surface area contributed by atoms with E-state index >= 15 is 0 Å². The Morgan fingerprint density at radius 1 is 1.48 bits per heavy atom. The highest BCUT2D eigenvalue weighted by Gasteiger charge is 2.13. The van der Waals surface area contributed by atoms with Crippen LogP contribution in [0.5, 0.6) is 0 Å². The summed E-state index contributed by atoms with van der Waals surface area (Å²) in [6.45, 7) is 4.56. The minimum Gasteiger partial charge on any atom is -0.366 e. The molecule has 3 rings (SSSR count). The van der Waals surface area contributed by atoms with Crippen LogP contribution < -0.4 is 5.73 Å². The second kappa shape index (κ2) is 5.45. The largest absolute Gasteiger partial charge is 0.366 e. The number of fused-ring (bicyclic) bond motifs is 1. The van der Waals surface area contributed by atoms with Gasteiger partial charge in [0.25, 0.3) is 0 Å². The molecule has 1 unspecified atom stereocenters. The molecule has 0 spiro atoms. The third kappa shape index (κ3) is 2.52. The molecular formula is C13H15BrN6O. The van der Waals surface area contributed by atoms with Crippen LogP contribution in [0.3, 0.4) is 0 Å². The van der Waals surface area contributed by atoms with Gasteiger partial charge in [0.05, 0.1) is 10.7 Å². The van der Waals surface area contributed by atoms with Crippen LogP contribution in [0.25, 0.3) is 16.8 Å². The number of ether oxygens (including phenoxy) is 1. The van der Waals surface area contributed by atoms with Crippen LogP contribution in [0.1, 0.15) is 20.1 Å². The van der Waals surface area contributed by atoms with Crippen LogP contribution in [-0.4, -0.2) is 31.0 Å². The number of hydrogen-bond acceptors (Lipinski definition) is 5. The fourth-order valence-electron chi connectivity index (χ4n) is 2.15. The lowest BCUT2D eigenvalue weighted by Gasteiger charge is -2.11. The van der Waals surface area contributed by atoms with Crippen molar-refractivity contribution in [2.75, 3.05) is 12.3 Å². The number of nitrogens with two attached hydrogens (primary N) is 1. The highest BCUT2D eigenvalue weighted by Crippen LogP contribution is 2.31. The summed E-state index contributed by atoms with van der Waals surface area (Å²) in [5.74, 6) is 0.244. The quantitative estimate of drug-likeness (QED) is 0.781. The van der Waals surface area contributed by atoms with Crippen molar-refractivity contribution in [3.63, 3.8) is 0 Å². The molecule has 7 nitrogen and oxygen atoms in total. The normalized spacial score (nSPS) is 12.9. The van der Waals surface area contributed by atoms with Gasteiger partial charge < -0.3 is 10.5 Å². The van der Waals surface area contributed by atoms with Crippen molar-refractivity contribution in [2.45, 2.75) is 20.1 Å². The molecule has 21 heavy (non-hydrogen) atoms. The molecule has 0 saturated carbocycles. The van der Waals surface area contributed by atoms with Crippen molar-refractivity contribution in [1.82, 2.24) is 24.4 Å². The molecular weight excluding hydrogens is 336 g/mol. The second-order valence-electron chi connectivity index (χ2n) is 4.55. The van der Waals surface area contributed by atoms with Crippen molar-refractivity contribution in [2.24, 2.45) is 0 Å². The van der Waals surface area contributed by atoms with E-state index in [-0.39, 0.29) is 12.2 Å². The molecule has 0 amide bonds. The number of rotatable bonds is 4. The molecule has 2 N–H and O–H groups in total. The van der Waals surface area contributed by atoms with Crippen LogP contribution in [0.2, 0.25) is 0 Å². The van der Waals surface area contributed by atoms with Crippen molar-refractivity contribution < 1.29 is 4.74 Å². The maximum atomic E-state index is 5.63. The summed E-state index contributed by atoms with van der Waals surface area (Å²) < 4.78 is 9.78. The van der Waals surface area contributed by atoms with E-state index in [1.54, 1.807) is 15.4 Å². The van der Waals surface area contributed by atoms with Gasteiger partial charge in [-0.15, -0.1) is 5.10 Å². The minimum absolute atomic E-state index is 0.102. The Morgan fingerprint density at radius 3 is 3.05 bits per heavy atom. The zero-order chi connectivity index (χ0) is 15.0. The van der Waals surface area contributed by atoms with E-state index in [0.717, 1.165) is 15.6 Å². The first-order chi connectivity index (χ1) is 10.1. The summed E-state index contributed by atoms with van der Waals surface area (Å²) in [7, 11) is 0. The van der Waals surface area contributed by atoms with E-state index in [1.807, 2.05) is 32.3 Å². The maximum Gasteiger partial charge on any atom is 0.240 e. The lowest BCUT2D eigenvalue weighted by Crippen LogP contribution is -2.09. The summed E-state index contributed by atoms with van der Waals surface area (Å²) in [5, 5.41) is 8.42. The third-order valence-electron chi connectivity index (χ3n) is 3.16. The van der Waals surface area contributed by atoms with Crippen LogP contribution in [0.4, 0.5) is 5.95 Å². The van der Waals surface area contributed by atoms with Gasteiger partial charge in [-0.2, -0.15) is 10.1 Å². The molecule has 0 aliphatic carbocycles. The van der Waals surface area contributed by atoms with Crippen molar-refractivity contribution >= 4 is 27.5 Å². The molecule has 1 atom stereocenters. The van der Waals surface area contributed by atoms with Crippen molar-refractivity contribution in [3.8, 4) is 11.1 Å². The maximum absolute atomic E-state index is 5.63. The second-order valence-corrected chi connectivity index (χ2v) is 5.34. The molecule has 3 heterocycles. The Labute approximate surface area is 129 Å². The van der Waals surface area contributed by atoms with E-state index < -0.39 is 0 Å². The summed E-state index contributed by atoms with van der Waals surface area (Å²) in [4.78, 5) is 4.20. The van der Waals surface area contributed by atoms with Crippen LogP contribution in [0, 0.1) is 0 Å². The summed E-state index contributed by atoms with van der Waals surface area (Å²) in [6.07, 6.45) is 5.46. The topological polar surface area (TPSA) is 83.3 Å². The third-order valence-corrected chi connectivity index (χ3v) is 3.94. The first-order valence-electron chi connectivity index (χ1n) is 6.56. The molecule has 3 aromatic heterocycles. The Morgan fingerprint density at radius 2 is 2.29 bits per heavy atom. The highest BCUT2D eigenvalue weighted by atomic mass is 79.9. The number of pyridine rings is 1. The average molecular weight is 351 g/mol. The van der Waals surface area contributed by atoms with Gasteiger partial charge in [0.1, 0.15) is 6.23 Å². The Balaban J connectivity index is 2.02. The predicted octanol–water partition coefficient (Wildman–Crippen LogP) is 2.49. The van der Waals surface area contributed by atoms with Crippen LogP contribution in [-0.2, 0) is 4.74 Å². The van der Waals surface area contributed by atoms with Crippen molar-refractivity contribution in [1.29, 1.82) is 0 Å². The highest BCUT2D eigenvalue weighted by molar-refractivity contribution is 9.10. The van der Waals surface area contributed by atoms with Gasteiger partial charge in [0.15, 0.2) is 5.65 Å². The lowest BCUT2D eigenvalue weighted by atomic mass is 10.1. The van der Waals surface area contributed by atoms with E-state index in [2.05, 4.69) is 31.1 Å². The smallest absolute Gasteiger partial charge is 0.240 e. The Kier molecular flexibility index (Phi) is 3.64. The molecule has 0 saturated heterocycles. The summed E-state index contributed by atoms with van der Waals surface area (Å²) in [6, 6.07) is 1.94. The minimum atomic E-state index is -0.102. The molecule has 0 fully saturated rings. The lowest BCUT2D eigenvalue weighted by molar-refractivity contribution is 0.0160. The molecule has 0 aromatic carbocycles. The van der Waals surface area contributed by atoms with Gasteiger partial charge in [-0.25, -0.2) is 9.20 Å². The molecule has 0 aliphatic rings. The molecule has 110 valence electrons. The molecule has 8 heteroatoms. The van der Waals surface area contributed by atoms with Gasteiger partial charge in [-0.05, 0) is 35.8 Å². The number of anilines is 1. The zero-order valence-corrected chi connectivity index (χ0v) is 13.3. The monoisotopic (exact) mass is 350 g/mol. The van der Waals surface area contributed by atoms with Gasteiger partial charge >= 0.3 is 0 Å². The van der Waals surface area contributed by atoms with Gasteiger partial charge in [-0.3, -0.25) is 0 Å². The number of nitrogens with zero attached hydrogens (tertiary/aromatic N) is 5. The Hall–Kier alpha value is -1.93. The Bertz CT molecular complexity index is 780. The predicted molar refractivity (Wildman–Crippen MR) is 82.7 cm³/mol. The van der Waals surface area contributed by atoms with E-state index in [0.29, 0.717) is 12.3 Å². The number of aromatic nitrogens is 5. The fraction of sp³-hybridized carbons (Fsp3) is 0.308. The summed E-state index contributed by atoms with van der Waals surface area (Å²) >= 11 is 3.56. The van der Waals surface area contributed by atoms with Gasteiger partial charge in [-0.1, -0.05) is 0 Å². The first-order valence-corrected chi connectivity index (χ1v) is 7.36. The zero-order valence-electron chi connectivity index (χ0n) is 11.7. The molecule has 3 aromatic rings. The fourth-order valence-corrected chi connectivity index (χ4v) is 2.78. The standard InChI is InChI=1S/C13H15BrN6O/c1-3-21-8(2)20-7-9(6-16-20)10-4-5-19-12(11(10)14)17-13(15)18-19/h4-8H,3H2,1-2H3,(H2,15,18). The van der Waals surface area contributed by atoms with Crippen LogP contribution >= 0.6 is 15.9 Å². The summed E-state index contributed by atoms with van der Waals surface area (Å²) in [5.41, 5.74) is 8.25.